The highest BCUT2D eigenvalue weighted by Crippen LogP contribution is 2.24. The number of benzene rings is 2. The molecule has 0 radical (unpaired) electrons. The maximum absolute atomic E-state index is 13.1. The van der Waals surface area contributed by atoms with Crippen LogP contribution >= 0.6 is 0 Å². The summed E-state index contributed by atoms with van der Waals surface area (Å²) >= 11 is 0. The van der Waals surface area contributed by atoms with Crippen molar-refractivity contribution in [2.75, 3.05) is 19.6 Å². The highest BCUT2D eigenvalue weighted by atomic mass is 16.6. The van der Waals surface area contributed by atoms with E-state index in [1.807, 2.05) is 63.2 Å². The number of nitrogens with one attached hydrogen (secondary N) is 2. The molecule has 178 valence electrons. The van der Waals surface area contributed by atoms with Gasteiger partial charge in [0.15, 0.2) is 0 Å². The molecule has 6 nitrogen and oxygen atoms in total. The molecule has 0 unspecified atom stereocenters. The molecule has 0 saturated carbocycles. The average molecular weight is 452 g/mol. The number of carbonyl (C=O) groups is 2. The number of carbonyl (C=O) groups excluding carboxylic acids is 2. The lowest BCUT2D eigenvalue weighted by molar-refractivity contribution is -0.122. The summed E-state index contributed by atoms with van der Waals surface area (Å²) in [6, 6.07) is 17.9. The number of likely N-dealkylation sites (tertiary alicyclic amines) is 1. The summed E-state index contributed by atoms with van der Waals surface area (Å²) in [5, 5.41) is 6.08. The van der Waals surface area contributed by atoms with Crippen molar-refractivity contribution < 1.29 is 14.3 Å². The summed E-state index contributed by atoms with van der Waals surface area (Å²) < 4.78 is 5.29. The molecule has 1 aliphatic heterocycles. The van der Waals surface area contributed by atoms with Crippen LogP contribution in [0.5, 0.6) is 0 Å². The van der Waals surface area contributed by atoms with Gasteiger partial charge in [-0.25, -0.2) is 4.79 Å². The minimum absolute atomic E-state index is 0.0159. The molecular formula is C27H37N3O3. The second-order valence-electron chi connectivity index (χ2n) is 10.1. The van der Waals surface area contributed by atoms with Gasteiger partial charge >= 0.3 is 6.09 Å². The van der Waals surface area contributed by atoms with E-state index < -0.39 is 17.2 Å². The van der Waals surface area contributed by atoms with Gasteiger partial charge in [-0.15, -0.1) is 0 Å². The van der Waals surface area contributed by atoms with E-state index >= 15 is 0 Å². The van der Waals surface area contributed by atoms with Gasteiger partial charge in [-0.2, -0.15) is 0 Å². The first kappa shape index (κ1) is 24.8. The highest BCUT2D eigenvalue weighted by Gasteiger charge is 2.31. The maximum Gasteiger partial charge on any atom is 0.407 e. The summed E-state index contributed by atoms with van der Waals surface area (Å²) in [7, 11) is 0. The van der Waals surface area contributed by atoms with Gasteiger partial charge in [0.1, 0.15) is 5.60 Å². The zero-order valence-corrected chi connectivity index (χ0v) is 20.3. The largest absolute Gasteiger partial charge is 0.444 e. The molecule has 1 heterocycles. The van der Waals surface area contributed by atoms with Crippen molar-refractivity contribution in [3.05, 3.63) is 71.3 Å². The van der Waals surface area contributed by atoms with E-state index in [0.717, 1.165) is 36.3 Å². The Bertz CT molecular complexity index is 933. The summed E-state index contributed by atoms with van der Waals surface area (Å²) in [6.07, 6.45) is 2.25. The molecule has 0 aliphatic carbocycles. The predicted octanol–water partition coefficient (Wildman–Crippen LogP) is 4.38. The molecule has 2 amide bonds. The first-order chi connectivity index (χ1) is 15.6. The third-order valence-corrected chi connectivity index (χ3v) is 5.76. The van der Waals surface area contributed by atoms with Crippen LogP contribution in [0.4, 0.5) is 4.79 Å². The Hall–Kier alpha value is -2.86. The summed E-state index contributed by atoms with van der Waals surface area (Å²) in [5.41, 5.74) is 1.95. The Labute approximate surface area is 197 Å². The standard InChI is InChI=1S/C27H37N3O3/c1-26(2,3)33-25(32)28-19-22-12-10-11-21(17-22)18-24(31)29-27(4,20-30-15-8-9-16-30)23-13-6-5-7-14-23/h5-7,10-14,17H,8-9,15-16,18-20H2,1-4H3,(H,28,32)(H,29,31)/t27-/m1/s1. The van der Waals surface area contributed by atoms with Crippen LogP contribution in [0.2, 0.25) is 0 Å². The van der Waals surface area contributed by atoms with Crippen LogP contribution in [-0.2, 0) is 28.0 Å². The monoisotopic (exact) mass is 451 g/mol. The number of hydrogen-bond acceptors (Lipinski definition) is 4. The number of rotatable bonds is 8. The molecule has 3 rings (SSSR count). The second kappa shape index (κ2) is 10.8. The number of nitrogens with zero attached hydrogens (tertiary/aromatic N) is 1. The van der Waals surface area contributed by atoms with Crippen molar-refractivity contribution in [1.82, 2.24) is 15.5 Å². The number of hydrogen-bond donors (Lipinski definition) is 2. The smallest absolute Gasteiger partial charge is 0.407 e. The van der Waals surface area contributed by atoms with Crippen LogP contribution in [-0.4, -0.2) is 42.1 Å². The van der Waals surface area contributed by atoms with Crippen molar-refractivity contribution in [2.45, 2.75) is 64.6 Å². The summed E-state index contributed by atoms with van der Waals surface area (Å²) in [5.74, 6) is -0.0159. The Morgan fingerprint density at radius 3 is 2.27 bits per heavy atom. The fraction of sp³-hybridized carbons (Fsp3) is 0.481. The molecule has 1 fully saturated rings. The first-order valence-corrected chi connectivity index (χ1v) is 11.8. The lowest BCUT2D eigenvalue weighted by Crippen LogP contribution is -2.51. The van der Waals surface area contributed by atoms with Crippen LogP contribution in [0, 0.1) is 0 Å². The molecule has 2 aromatic rings. The van der Waals surface area contributed by atoms with Gasteiger partial charge in [0, 0.05) is 13.1 Å². The minimum atomic E-state index is -0.537. The van der Waals surface area contributed by atoms with Gasteiger partial charge in [0.25, 0.3) is 0 Å². The zero-order valence-electron chi connectivity index (χ0n) is 20.3. The van der Waals surface area contributed by atoms with E-state index in [1.165, 1.54) is 12.8 Å². The first-order valence-electron chi connectivity index (χ1n) is 11.8. The van der Waals surface area contributed by atoms with E-state index in [2.05, 4.69) is 34.6 Å². The Balaban J connectivity index is 1.63. The van der Waals surface area contributed by atoms with Gasteiger partial charge in [-0.05, 0) is 70.3 Å². The van der Waals surface area contributed by atoms with Crippen LogP contribution in [0.15, 0.2) is 54.6 Å². The van der Waals surface area contributed by atoms with E-state index in [-0.39, 0.29) is 12.3 Å². The van der Waals surface area contributed by atoms with Crippen LogP contribution in [0.1, 0.15) is 57.2 Å². The van der Waals surface area contributed by atoms with Crippen LogP contribution in [0.25, 0.3) is 0 Å². The molecule has 6 heteroatoms. The van der Waals surface area contributed by atoms with Crippen molar-refractivity contribution in [1.29, 1.82) is 0 Å². The van der Waals surface area contributed by atoms with Crippen LogP contribution < -0.4 is 10.6 Å². The Morgan fingerprint density at radius 2 is 1.61 bits per heavy atom. The lowest BCUT2D eigenvalue weighted by Gasteiger charge is -2.35. The van der Waals surface area contributed by atoms with Crippen molar-refractivity contribution in [3.8, 4) is 0 Å². The predicted molar refractivity (Wildman–Crippen MR) is 131 cm³/mol. The topological polar surface area (TPSA) is 70.7 Å². The van der Waals surface area contributed by atoms with Gasteiger partial charge < -0.3 is 20.3 Å². The van der Waals surface area contributed by atoms with E-state index in [0.29, 0.717) is 6.54 Å². The van der Waals surface area contributed by atoms with Gasteiger partial charge in [0.05, 0.1) is 12.0 Å². The second-order valence-corrected chi connectivity index (χ2v) is 10.1. The van der Waals surface area contributed by atoms with Crippen molar-refractivity contribution in [3.63, 3.8) is 0 Å². The van der Waals surface area contributed by atoms with Gasteiger partial charge in [-0.3, -0.25) is 4.79 Å². The quantitative estimate of drug-likeness (QED) is 0.625. The normalized spacial score (nSPS) is 16.1. The molecule has 1 saturated heterocycles. The van der Waals surface area contributed by atoms with Gasteiger partial charge in [0.2, 0.25) is 5.91 Å². The molecular weight excluding hydrogens is 414 g/mol. The lowest BCUT2D eigenvalue weighted by atomic mass is 9.90. The average Bonchev–Trinajstić information content (AvgIpc) is 3.24. The minimum Gasteiger partial charge on any atom is -0.444 e. The van der Waals surface area contributed by atoms with Crippen LogP contribution in [0.3, 0.4) is 0 Å². The van der Waals surface area contributed by atoms with E-state index in [4.69, 9.17) is 4.74 Å². The third kappa shape index (κ3) is 7.90. The zero-order chi connectivity index (χ0) is 23.9. The molecule has 0 bridgehead atoms. The molecule has 2 N–H and O–H groups in total. The molecule has 33 heavy (non-hydrogen) atoms. The molecule has 0 spiro atoms. The molecule has 1 atom stereocenters. The summed E-state index contributed by atoms with van der Waals surface area (Å²) in [4.78, 5) is 27.4. The van der Waals surface area contributed by atoms with Gasteiger partial charge in [-0.1, -0.05) is 54.6 Å². The fourth-order valence-corrected chi connectivity index (χ4v) is 4.27. The number of alkyl carbamates (subject to hydrolysis) is 1. The summed E-state index contributed by atoms with van der Waals surface area (Å²) in [6.45, 7) is 10.9. The number of amides is 2. The fourth-order valence-electron chi connectivity index (χ4n) is 4.27. The Kier molecular flexibility index (Phi) is 8.14. The molecule has 2 aromatic carbocycles. The van der Waals surface area contributed by atoms with E-state index in [1.54, 1.807) is 0 Å². The molecule has 0 aromatic heterocycles. The third-order valence-electron chi connectivity index (χ3n) is 5.76. The van der Waals surface area contributed by atoms with Crippen molar-refractivity contribution in [2.24, 2.45) is 0 Å². The molecule has 1 aliphatic rings. The SMILES string of the molecule is CC(C)(C)OC(=O)NCc1cccc(CC(=O)N[C@](C)(CN2CCCC2)c2ccccc2)c1. The highest BCUT2D eigenvalue weighted by molar-refractivity contribution is 5.79. The van der Waals surface area contributed by atoms with E-state index in [9.17, 15) is 9.59 Å². The Morgan fingerprint density at radius 1 is 0.939 bits per heavy atom. The number of ether oxygens (including phenoxy) is 1. The van der Waals surface area contributed by atoms with Crippen molar-refractivity contribution >= 4 is 12.0 Å². The maximum atomic E-state index is 13.1.